The molecule has 3 rings (SSSR count). The fourth-order valence-electron chi connectivity index (χ4n) is 2.30. The van der Waals surface area contributed by atoms with Gasteiger partial charge in [-0.05, 0) is 54.4 Å². The molecular formula is C15H17BrN2O2S. The van der Waals surface area contributed by atoms with E-state index < -0.39 is 0 Å². The van der Waals surface area contributed by atoms with Gasteiger partial charge in [-0.15, -0.1) is 11.3 Å². The van der Waals surface area contributed by atoms with Crippen LogP contribution in [0.3, 0.4) is 0 Å². The molecule has 4 nitrogen and oxygen atoms in total. The smallest absolute Gasteiger partial charge is 0.231 e. The second-order valence-corrected chi connectivity index (χ2v) is 7.06. The molecule has 0 saturated carbocycles. The highest BCUT2D eigenvalue weighted by Crippen LogP contribution is 2.42. The second kappa shape index (κ2) is 5.94. The number of thiazole rings is 1. The normalized spacial score (nSPS) is 14.7. The minimum Gasteiger partial charge on any atom is -0.454 e. The highest BCUT2D eigenvalue weighted by Gasteiger charge is 2.24. The Hall–Kier alpha value is -1.11. The third-order valence-corrected chi connectivity index (χ3v) is 4.78. The number of fused-ring (bicyclic) bond motifs is 1. The van der Waals surface area contributed by atoms with Crippen LogP contribution in [0, 0.1) is 6.92 Å². The summed E-state index contributed by atoms with van der Waals surface area (Å²) >= 11 is 5.23. The molecule has 1 unspecified atom stereocenters. The molecule has 2 aromatic rings. The average Bonchev–Trinajstić information content (AvgIpc) is 3.04. The lowest BCUT2D eigenvalue weighted by Crippen LogP contribution is -2.29. The Morgan fingerprint density at radius 2 is 2.14 bits per heavy atom. The number of hydrogen-bond acceptors (Lipinski definition) is 5. The Morgan fingerprint density at radius 3 is 2.81 bits per heavy atom. The lowest BCUT2D eigenvalue weighted by atomic mass is 10.1. The molecule has 1 aromatic heterocycles. The number of halogens is 1. The van der Waals surface area contributed by atoms with Crippen LogP contribution < -0.4 is 14.8 Å². The zero-order valence-electron chi connectivity index (χ0n) is 12.1. The topological polar surface area (TPSA) is 43.4 Å². The molecule has 0 spiro atoms. The molecule has 2 heterocycles. The maximum atomic E-state index is 5.52. The fourth-order valence-corrected chi connectivity index (χ4v) is 3.76. The first-order valence-corrected chi connectivity index (χ1v) is 8.49. The van der Waals surface area contributed by atoms with Crippen molar-refractivity contribution >= 4 is 27.3 Å². The number of aromatic nitrogens is 1. The molecule has 1 aliphatic heterocycles. The Bertz CT molecular complexity index is 657. The van der Waals surface area contributed by atoms with Crippen LogP contribution in [0.5, 0.6) is 11.5 Å². The zero-order valence-corrected chi connectivity index (χ0v) is 14.5. The van der Waals surface area contributed by atoms with Crippen LogP contribution in [-0.2, 0) is 0 Å². The van der Waals surface area contributed by atoms with Crippen molar-refractivity contribution in [1.29, 1.82) is 0 Å². The van der Waals surface area contributed by atoms with E-state index in [1.165, 1.54) is 0 Å². The zero-order chi connectivity index (χ0) is 15.0. The highest BCUT2D eigenvalue weighted by molar-refractivity contribution is 9.10. The van der Waals surface area contributed by atoms with Gasteiger partial charge < -0.3 is 14.8 Å². The van der Waals surface area contributed by atoms with Gasteiger partial charge in [0.2, 0.25) is 6.79 Å². The SMILES string of the molecule is Cc1csc(C(NC(C)C)c2cc(Br)c3c(c2)OCO3)n1. The third-order valence-electron chi connectivity index (χ3n) is 3.17. The number of ether oxygens (including phenoxy) is 2. The van der Waals surface area contributed by atoms with Gasteiger partial charge in [-0.2, -0.15) is 0 Å². The lowest BCUT2D eigenvalue weighted by Gasteiger charge is -2.20. The van der Waals surface area contributed by atoms with Crippen LogP contribution in [-0.4, -0.2) is 17.8 Å². The largest absolute Gasteiger partial charge is 0.454 e. The average molecular weight is 369 g/mol. The molecule has 0 bridgehead atoms. The Balaban J connectivity index is 2.02. The van der Waals surface area contributed by atoms with E-state index in [9.17, 15) is 0 Å². The summed E-state index contributed by atoms with van der Waals surface area (Å²) in [5, 5.41) is 6.71. The van der Waals surface area contributed by atoms with E-state index >= 15 is 0 Å². The number of rotatable bonds is 4. The van der Waals surface area contributed by atoms with Crippen molar-refractivity contribution < 1.29 is 9.47 Å². The van der Waals surface area contributed by atoms with Crippen LogP contribution in [0.1, 0.15) is 36.2 Å². The molecule has 0 saturated heterocycles. The van der Waals surface area contributed by atoms with Gasteiger partial charge in [-0.25, -0.2) is 4.98 Å². The molecule has 21 heavy (non-hydrogen) atoms. The molecule has 1 aromatic carbocycles. The van der Waals surface area contributed by atoms with E-state index in [0.29, 0.717) is 6.04 Å². The lowest BCUT2D eigenvalue weighted by molar-refractivity contribution is 0.173. The van der Waals surface area contributed by atoms with Crippen molar-refractivity contribution in [3.8, 4) is 11.5 Å². The first-order chi connectivity index (χ1) is 10.0. The van der Waals surface area contributed by atoms with E-state index in [-0.39, 0.29) is 12.8 Å². The van der Waals surface area contributed by atoms with Crippen LogP contribution in [0.4, 0.5) is 0 Å². The van der Waals surface area contributed by atoms with Crippen LogP contribution in [0.2, 0.25) is 0 Å². The van der Waals surface area contributed by atoms with E-state index in [0.717, 1.165) is 32.2 Å². The van der Waals surface area contributed by atoms with Crippen molar-refractivity contribution in [1.82, 2.24) is 10.3 Å². The molecule has 1 N–H and O–H groups in total. The van der Waals surface area contributed by atoms with Gasteiger partial charge in [0.15, 0.2) is 11.5 Å². The molecule has 0 radical (unpaired) electrons. The summed E-state index contributed by atoms with van der Waals surface area (Å²) in [7, 11) is 0. The van der Waals surface area contributed by atoms with E-state index in [2.05, 4.69) is 51.5 Å². The van der Waals surface area contributed by atoms with Gasteiger partial charge in [-0.1, -0.05) is 0 Å². The first-order valence-electron chi connectivity index (χ1n) is 6.81. The highest BCUT2D eigenvalue weighted by atomic mass is 79.9. The molecule has 112 valence electrons. The van der Waals surface area contributed by atoms with Crippen LogP contribution >= 0.6 is 27.3 Å². The number of nitrogens with one attached hydrogen (secondary N) is 1. The molecule has 0 aliphatic carbocycles. The first kappa shape index (κ1) is 14.8. The van der Waals surface area contributed by atoms with Crippen LogP contribution in [0.25, 0.3) is 0 Å². The van der Waals surface area contributed by atoms with E-state index in [4.69, 9.17) is 9.47 Å². The maximum Gasteiger partial charge on any atom is 0.231 e. The second-order valence-electron chi connectivity index (χ2n) is 5.32. The summed E-state index contributed by atoms with van der Waals surface area (Å²) in [5.41, 5.74) is 2.17. The Kier molecular flexibility index (Phi) is 4.19. The summed E-state index contributed by atoms with van der Waals surface area (Å²) in [6, 6.07) is 4.51. The predicted octanol–water partition coefficient (Wildman–Crippen LogP) is 4.03. The van der Waals surface area contributed by atoms with Crippen molar-refractivity contribution in [2.75, 3.05) is 6.79 Å². The Morgan fingerprint density at radius 1 is 1.33 bits per heavy atom. The quantitative estimate of drug-likeness (QED) is 0.884. The van der Waals surface area contributed by atoms with Crippen LogP contribution in [0.15, 0.2) is 22.0 Å². The molecule has 6 heteroatoms. The van der Waals surface area contributed by atoms with Gasteiger partial charge in [0.25, 0.3) is 0 Å². The summed E-state index contributed by atoms with van der Waals surface area (Å²) in [6.07, 6.45) is 0. The van der Waals surface area contributed by atoms with Crippen molar-refractivity contribution in [3.63, 3.8) is 0 Å². The molecule has 1 atom stereocenters. The van der Waals surface area contributed by atoms with Gasteiger partial charge in [0.05, 0.1) is 10.5 Å². The van der Waals surface area contributed by atoms with E-state index in [1.807, 2.05) is 13.0 Å². The van der Waals surface area contributed by atoms with Gasteiger partial charge in [0.1, 0.15) is 5.01 Å². The molecular weight excluding hydrogens is 352 g/mol. The van der Waals surface area contributed by atoms with E-state index in [1.54, 1.807) is 11.3 Å². The molecule has 1 aliphatic rings. The van der Waals surface area contributed by atoms with Crippen molar-refractivity contribution in [2.24, 2.45) is 0 Å². The maximum absolute atomic E-state index is 5.52. The van der Waals surface area contributed by atoms with Crippen molar-refractivity contribution in [2.45, 2.75) is 32.9 Å². The predicted molar refractivity (Wildman–Crippen MR) is 87.2 cm³/mol. The number of hydrogen-bond donors (Lipinski definition) is 1. The standard InChI is InChI=1S/C15H17BrN2O2S/c1-8(2)17-13(15-18-9(3)6-21-15)10-4-11(16)14-12(5-10)19-7-20-14/h4-6,8,13,17H,7H2,1-3H3. The monoisotopic (exact) mass is 368 g/mol. The fraction of sp³-hybridized carbons (Fsp3) is 0.400. The third kappa shape index (κ3) is 3.07. The van der Waals surface area contributed by atoms with Gasteiger partial charge >= 0.3 is 0 Å². The van der Waals surface area contributed by atoms with Gasteiger partial charge in [0, 0.05) is 17.1 Å². The minimum absolute atomic E-state index is 0.0505. The summed E-state index contributed by atoms with van der Waals surface area (Å²) in [4.78, 5) is 4.63. The Labute approximate surface area is 136 Å². The summed E-state index contributed by atoms with van der Waals surface area (Å²) < 4.78 is 11.9. The molecule has 0 fully saturated rings. The summed E-state index contributed by atoms with van der Waals surface area (Å²) in [5.74, 6) is 1.56. The minimum atomic E-state index is 0.0505. The number of aryl methyl sites for hydroxylation is 1. The van der Waals surface area contributed by atoms with Crippen molar-refractivity contribution in [3.05, 3.63) is 38.3 Å². The van der Waals surface area contributed by atoms with Gasteiger partial charge in [-0.3, -0.25) is 0 Å². The number of nitrogens with zero attached hydrogens (tertiary/aromatic N) is 1. The molecule has 0 amide bonds. The summed E-state index contributed by atoms with van der Waals surface area (Å²) in [6.45, 7) is 6.56. The number of benzene rings is 1.